The van der Waals surface area contributed by atoms with Crippen molar-refractivity contribution in [2.75, 3.05) is 13.7 Å². The van der Waals surface area contributed by atoms with Crippen LogP contribution < -0.4 is 9.47 Å². The topological polar surface area (TPSA) is 88.7 Å². The number of aromatic nitrogens is 2. The van der Waals surface area contributed by atoms with Crippen molar-refractivity contribution in [2.45, 2.75) is 6.61 Å². The largest absolute Gasteiger partial charge is 0.487 e. The van der Waals surface area contributed by atoms with Crippen molar-refractivity contribution in [3.05, 3.63) is 46.0 Å². The molecule has 2 aromatic rings. The number of aryl methyl sites for hydroxylation is 1. The summed E-state index contributed by atoms with van der Waals surface area (Å²) in [5.74, 6) is 0.547. The molecular weight excluding hydrogens is 326 g/mol. The average molecular weight is 341 g/mol. The van der Waals surface area contributed by atoms with E-state index in [0.717, 1.165) is 0 Å². The van der Waals surface area contributed by atoms with Gasteiger partial charge in [-0.2, -0.15) is 0 Å². The highest BCUT2D eigenvalue weighted by Gasteiger charge is 2.19. The lowest BCUT2D eigenvalue weighted by Gasteiger charge is -2.07. The highest BCUT2D eigenvalue weighted by molar-refractivity contribution is 6.32. The lowest BCUT2D eigenvalue weighted by Crippen LogP contribution is -1.99. The fraction of sp³-hybridized carbons (Fsp3) is 0.286. The first kappa shape index (κ1) is 17.0. The minimum absolute atomic E-state index is 0.0482. The number of methoxy groups -OCH3 is 1. The predicted molar refractivity (Wildman–Crippen MR) is 83.0 cm³/mol. The van der Waals surface area contributed by atoms with Crippen molar-refractivity contribution in [2.24, 2.45) is 7.05 Å². The third-order valence-corrected chi connectivity index (χ3v) is 3.33. The minimum atomic E-state index is -0.542. The molecule has 2 rings (SSSR count). The highest BCUT2D eigenvalue weighted by Crippen LogP contribution is 2.36. The predicted octanol–water partition coefficient (Wildman–Crippen LogP) is 3.13. The number of nitro benzene ring substituents is 1. The molecule has 9 heteroatoms. The molecule has 1 aromatic heterocycles. The summed E-state index contributed by atoms with van der Waals surface area (Å²) in [5.41, 5.74) is 0.480. The number of benzene rings is 1. The normalized spacial score (nSPS) is 10.6. The van der Waals surface area contributed by atoms with Crippen molar-refractivity contribution >= 4 is 17.3 Å². The van der Waals surface area contributed by atoms with Crippen molar-refractivity contribution in [1.29, 1.82) is 0 Å². The zero-order valence-corrected chi connectivity index (χ0v) is 13.4. The molecule has 0 amide bonds. The molecule has 1 radical (unpaired) electrons. The van der Waals surface area contributed by atoms with Gasteiger partial charge in [0, 0.05) is 26.3 Å². The molecule has 0 spiro atoms. The SMILES string of the molecule is [CH2]COc1cc(Oc2nn(C)c(COC)c2Cl)ccc1[N+](=O)[O-]. The summed E-state index contributed by atoms with van der Waals surface area (Å²) >= 11 is 6.20. The Morgan fingerprint density at radius 2 is 2.22 bits per heavy atom. The monoisotopic (exact) mass is 340 g/mol. The maximum absolute atomic E-state index is 11.0. The van der Waals surface area contributed by atoms with Gasteiger partial charge in [-0.05, 0) is 13.0 Å². The van der Waals surface area contributed by atoms with Crippen LogP contribution in [0.3, 0.4) is 0 Å². The second kappa shape index (κ2) is 7.30. The van der Waals surface area contributed by atoms with E-state index in [1.54, 1.807) is 18.8 Å². The van der Waals surface area contributed by atoms with Crippen molar-refractivity contribution < 1.29 is 19.1 Å². The van der Waals surface area contributed by atoms with Gasteiger partial charge in [-0.15, -0.1) is 5.10 Å². The number of hydrogen-bond acceptors (Lipinski definition) is 6. The first-order chi connectivity index (χ1) is 11.0. The molecule has 123 valence electrons. The second-order valence-corrected chi connectivity index (χ2v) is 4.84. The first-order valence-electron chi connectivity index (χ1n) is 6.56. The van der Waals surface area contributed by atoms with Crippen LogP contribution in [0.4, 0.5) is 5.69 Å². The van der Waals surface area contributed by atoms with E-state index in [9.17, 15) is 10.1 Å². The van der Waals surface area contributed by atoms with Crippen LogP contribution in [0.1, 0.15) is 5.69 Å². The number of hydrogen-bond donors (Lipinski definition) is 0. The van der Waals surface area contributed by atoms with Gasteiger partial charge in [0.1, 0.15) is 10.8 Å². The summed E-state index contributed by atoms with van der Waals surface area (Å²) in [4.78, 5) is 10.4. The number of rotatable bonds is 7. The van der Waals surface area contributed by atoms with Gasteiger partial charge in [0.25, 0.3) is 5.88 Å². The summed E-state index contributed by atoms with van der Waals surface area (Å²) in [6.07, 6.45) is 0. The van der Waals surface area contributed by atoms with Gasteiger partial charge in [-0.3, -0.25) is 14.8 Å². The van der Waals surface area contributed by atoms with Gasteiger partial charge < -0.3 is 14.2 Å². The zero-order valence-electron chi connectivity index (χ0n) is 12.6. The molecule has 0 N–H and O–H groups in total. The van der Waals surface area contributed by atoms with Crippen LogP contribution in [0.5, 0.6) is 17.4 Å². The average Bonchev–Trinajstić information content (AvgIpc) is 2.75. The van der Waals surface area contributed by atoms with Crippen LogP contribution in [0.25, 0.3) is 0 Å². The molecule has 0 aliphatic heterocycles. The maximum Gasteiger partial charge on any atom is 0.311 e. The lowest BCUT2D eigenvalue weighted by atomic mass is 10.3. The van der Waals surface area contributed by atoms with Crippen molar-refractivity contribution in [3.8, 4) is 17.4 Å². The first-order valence-corrected chi connectivity index (χ1v) is 6.94. The molecule has 23 heavy (non-hydrogen) atoms. The zero-order chi connectivity index (χ0) is 17.0. The smallest absolute Gasteiger partial charge is 0.311 e. The number of nitrogens with zero attached hydrogens (tertiary/aromatic N) is 3. The Morgan fingerprint density at radius 1 is 1.48 bits per heavy atom. The number of halogens is 1. The molecule has 8 nitrogen and oxygen atoms in total. The summed E-state index contributed by atoms with van der Waals surface area (Å²) in [6.45, 7) is 3.84. The molecular formula is C14H15ClN3O5. The molecule has 0 atom stereocenters. The Labute approximate surface area is 137 Å². The van der Waals surface area contributed by atoms with Gasteiger partial charge in [-0.1, -0.05) is 11.6 Å². The third-order valence-electron chi connectivity index (χ3n) is 2.95. The Balaban J connectivity index is 2.32. The van der Waals surface area contributed by atoms with Gasteiger partial charge in [0.15, 0.2) is 0 Å². The van der Waals surface area contributed by atoms with Gasteiger partial charge in [0.2, 0.25) is 5.75 Å². The van der Waals surface area contributed by atoms with Crippen LogP contribution in [-0.4, -0.2) is 28.4 Å². The Bertz CT molecular complexity index is 717. The van der Waals surface area contributed by atoms with E-state index >= 15 is 0 Å². The van der Waals surface area contributed by atoms with Crippen LogP contribution in [-0.2, 0) is 18.4 Å². The minimum Gasteiger partial charge on any atom is -0.487 e. The van der Waals surface area contributed by atoms with E-state index in [4.69, 9.17) is 25.8 Å². The van der Waals surface area contributed by atoms with Crippen molar-refractivity contribution in [1.82, 2.24) is 9.78 Å². The summed E-state index contributed by atoms with van der Waals surface area (Å²) in [5, 5.41) is 15.4. The third kappa shape index (κ3) is 3.72. The molecule has 0 unspecified atom stereocenters. The van der Waals surface area contributed by atoms with E-state index < -0.39 is 4.92 Å². The molecule has 1 heterocycles. The fourth-order valence-electron chi connectivity index (χ4n) is 1.91. The van der Waals surface area contributed by atoms with Crippen molar-refractivity contribution in [3.63, 3.8) is 0 Å². The Hall–Kier alpha value is -2.32. The second-order valence-electron chi connectivity index (χ2n) is 4.46. The van der Waals surface area contributed by atoms with Gasteiger partial charge in [-0.25, -0.2) is 0 Å². The quantitative estimate of drug-likeness (QED) is 0.568. The maximum atomic E-state index is 11.0. The Kier molecular flexibility index (Phi) is 5.41. The number of nitro groups is 1. The van der Waals surface area contributed by atoms with Crippen LogP contribution in [0, 0.1) is 17.0 Å². The molecule has 0 saturated heterocycles. The molecule has 0 aliphatic carbocycles. The summed E-state index contributed by atoms with van der Waals surface area (Å²) < 4.78 is 17.3. The highest BCUT2D eigenvalue weighted by atomic mass is 35.5. The summed E-state index contributed by atoms with van der Waals surface area (Å²) in [6, 6.07) is 4.12. The molecule has 0 fully saturated rings. The standard InChI is InChI=1S/C14H15ClN3O5/c1-4-22-12-7-9(5-6-10(12)18(19)20)23-14-13(15)11(8-21-3)17(2)16-14/h5-7H,1,4,8H2,2-3H3. The summed E-state index contributed by atoms with van der Waals surface area (Å²) in [7, 11) is 3.25. The number of ether oxygens (including phenoxy) is 3. The van der Waals surface area contributed by atoms with E-state index in [1.165, 1.54) is 18.2 Å². The fourth-order valence-corrected chi connectivity index (χ4v) is 2.16. The van der Waals surface area contributed by atoms with E-state index in [0.29, 0.717) is 16.5 Å². The molecule has 0 saturated carbocycles. The van der Waals surface area contributed by atoms with Gasteiger partial charge in [0.05, 0.1) is 23.8 Å². The van der Waals surface area contributed by atoms with Crippen LogP contribution >= 0.6 is 11.6 Å². The van der Waals surface area contributed by atoms with Crippen LogP contribution in [0.2, 0.25) is 5.02 Å². The van der Waals surface area contributed by atoms with E-state index in [-0.39, 0.29) is 30.5 Å². The molecule has 0 bridgehead atoms. The van der Waals surface area contributed by atoms with E-state index in [1.807, 2.05) is 0 Å². The molecule has 1 aromatic carbocycles. The Morgan fingerprint density at radius 3 is 2.83 bits per heavy atom. The van der Waals surface area contributed by atoms with Gasteiger partial charge >= 0.3 is 5.69 Å². The van der Waals surface area contributed by atoms with E-state index in [2.05, 4.69) is 12.0 Å². The van der Waals surface area contributed by atoms with Crippen LogP contribution in [0.15, 0.2) is 18.2 Å². The molecule has 0 aliphatic rings. The lowest BCUT2D eigenvalue weighted by molar-refractivity contribution is -0.385.